The SMILES string of the molecule is CCCCCCCCCCCCCCCCCCCCCCCCCCC(O)C(CO)NC(=O)CCCCCCCCC/C=C\C/C=C\CCCCCOC(=O)CCCCCCCCCCCCCCCCCC. The lowest BCUT2D eigenvalue weighted by molar-refractivity contribution is -0.143. The van der Waals surface area contributed by atoms with Crippen LogP contribution in [0.4, 0.5) is 0 Å². The summed E-state index contributed by atoms with van der Waals surface area (Å²) < 4.78 is 5.47. The van der Waals surface area contributed by atoms with Gasteiger partial charge in [-0.15, -0.1) is 0 Å². The van der Waals surface area contributed by atoms with Gasteiger partial charge in [0.05, 0.1) is 25.4 Å². The molecule has 0 radical (unpaired) electrons. The van der Waals surface area contributed by atoms with E-state index in [-0.39, 0.29) is 18.5 Å². The first-order valence-corrected chi connectivity index (χ1v) is 33.6. The number of hydrogen-bond donors (Lipinski definition) is 3. The lowest BCUT2D eigenvalue weighted by atomic mass is 10.0. The van der Waals surface area contributed by atoms with Crippen molar-refractivity contribution in [1.82, 2.24) is 5.32 Å². The molecule has 2 unspecified atom stereocenters. The summed E-state index contributed by atoms with van der Waals surface area (Å²) in [6, 6.07) is -0.555. The fourth-order valence-electron chi connectivity index (χ4n) is 10.6. The third-order valence-corrected chi connectivity index (χ3v) is 15.8. The number of rotatable bonds is 63. The zero-order valence-electron chi connectivity index (χ0n) is 50.1. The summed E-state index contributed by atoms with van der Waals surface area (Å²) >= 11 is 0. The van der Waals surface area contributed by atoms with Crippen LogP contribution in [0.2, 0.25) is 0 Å². The largest absolute Gasteiger partial charge is 0.466 e. The minimum Gasteiger partial charge on any atom is -0.466 e. The van der Waals surface area contributed by atoms with E-state index in [4.69, 9.17) is 4.74 Å². The Morgan fingerprint density at radius 3 is 1.03 bits per heavy atom. The van der Waals surface area contributed by atoms with Crippen LogP contribution in [0.15, 0.2) is 24.3 Å². The van der Waals surface area contributed by atoms with E-state index in [2.05, 4.69) is 43.5 Å². The lowest BCUT2D eigenvalue weighted by Gasteiger charge is -2.22. The van der Waals surface area contributed by atoms with Crippen molar-refractivity contribution in [3.05, 3.63) is 24.3 Å². The van der Waals surface area contributed by atoms with E-state index in [0.717, 1.165) is 83.5 Å². The van der Waals surface area contributed by atoms with Crippen molar-refractivity contribution in [3.8, 4) is 0 Å². The smallest absolute Gasteiger partial charge is 0.305 e. The van der Waals surface area contributed by atoms with Crippen LogP contribution in [0.3, 0.4) is 0 Å². The number of esters is 1. The predicted octanol–water partition coefficient (Wildman–Crippen LogP) is 21.4. The molecular formula is C68H131NO5. The number of allylic oxidation sites excluding steroid dienone is 4. The molecule has 0 aliphatic carbocycles. The molecule has 0 heterocycles. The van der Waals surface area contributed by atoms with Crippen LogP contribution in [-0.4, -0.2) is 47.4 Å². The quantitative estimate of drug-likeness (QED) is 0.0320. The second kappa shape index (κ2) is 63.9. The van der Waals surface area contributed by atoms with E-state index in [1.807, 2.05) is 0 Å². The Bertz CT molecular complexity index is 1150. The van der Waals surface area contributed by atoms with Crippen LogP contribution in [0, 0.1) is 0 Å². The Hall–Kier alpha value is -1.66. The highest BCUT2D eigenvalue weighted by molar-refractivity contribution is 5.76. The van der Waals surface area contributed by atoms with Crippen LogP contribution < -0.4 is 5.32 Å². The number of aliphatic hydroxyl groups excluding tert-OH is 2. The fourth-order valence-corrected chi connectivity index (χ4v) is 10.6. The van der Waals surface area contributed by atoms with Gasteiger partial charge in [0.15, 0.2) is 0 Å². The first kappa shape index (κ1) is 72.3. The zero-order valence-corrected chi connectivity index (χ0v) is 50.1. The maximum absolute atomic E-state index is 12.5. The molecule has 0 saturated carbocycles. The molecule has 438 valence electrons. The number of aliphatic hydroxyl groups is 2. The average Bonchev–Trinajstić information content (AvgIpc) is 3.40. The van der Waals surface area contributed by atoms with E-state index >= 15 is 0 Å². The van der Waals surface area contributed by atoms with Gasteiger partial charge >= 0.3 is 5.97 Å². The Labute approximate surface area is 462 Å². The second-order valence-corrected chi connectivity index (χ2v) is 23.2. The summed E-state index contributed by atoms with van der Waals surface area (Å²) in [6.07, 6.45) is 79.2. The monoisotopic (exact) mass is 1040 g/mol. The molecule has 0 bridgehead atoms. The van der Waals surface area contributed by atoms with Crippen LogP contribution in [0.1, 0.15) is 373 Å². The fraction of sp³-hybridized carbons (Fsp3) is 0.912. The van der Waals surface area contributed by atoms with Crippen molar-refractivity contribution in [2.75, 3.05) is 13.2 Å². The average molecular weight is 1040 g/mol. The van der Waals surface area contributed by atoms with E-state index in [1.54, 1.807) is 0 Å². The molecule has 0 rings (SSSR count). The van der Waals surface area contributed by atoms with Gasteiger partial charge in [-0.3, -0.25) is 9.59 Å². The standard InChI is InChI=1S/C68H131NO5/c1-3-5-7-9-11-13-15-17-19-21-22-23-24-25-26-27-29-32-36-40-44-48-52-56-60-66(71)65(64-70)69-67(72)61-57-53-49-45-41-37-33-30-28-31-35-39-43-47-51-55-59-63-74-68(73)62-58-54-50-46-42-38-34-20-18-16-14-12-10-8-6-4-2/h28,31,39,43,65-66,70-71H,3-27,29-30,32-38,40-42,44-64H2,1-2H3,(H,69,72)/b31-28-,43-39-. The van der Waals surface area contributed by atoms with Gasteiger partial charge in [0.2, 0.25) is 5.91 Å². The van der Waals surface area contributed by atoms with Crippen LogP contribution in [-0.2, 0) is 14.3 Å². The summed E-state index contributed by atoms with van der Waals surface area (Å²) in [5, 5.41) is 23.4. The molecule has 0 aliphatic rings. The van der Waals surface area contributed by atoms with Crippen molar-refractivity contribution in [2.45, 2.75) is 386 Å². The van der Waals surface area contributed by atoms with Gasteiger partial charge in [-0.05, 0) is 64.2 Å². The van der Waals surface area contributed by atoms with Crippen molar-refractivity contribution < 1.29 is 24.5 Å². The van der Waals surface area contributed by atoms with Gasteiger partial charge in [0, 0.05) is 12.8 Å². The Morgan fingerprint density at radius 1 is 0.378 bits per heavy atom. The number of carbonyl (C=O) groups excluding carboxylic acids is 2. The molecule has 1 amide bonds. The predicted molar refractivity (Wildman–Crippen MR) is 324 cm³/mol. The topological polar surface area (TPSA) is 95.9 Å². The second-order valence-electron chi connectivity index (χ2n) is 23.2. The summed E-state index contributed by atoms with van der Waals surface area (Å²) in [6.45, 7) is 4.95. The lowest BCUT2D eigenvalue weighted by Crippen LogP contribution is -2.45. The summed E-state index contributed by atoms with van der Waals surface area (Å²) in [7, 11) is 0. The maximum atomic E-state index is 12.5. The van der Waals surface area contributed by atoms with Crippen molar-refractivity contribution in [1.29, 1.82) is 0 Å². The highest BCUT2D eigenvalue weighted by Crippen LogP contribution is 2.19. The Kier molecular flexibility index (Phi) is 62.4. The molecule has 0 saturated heterocycles. The summed E-state index contributed by atoms with van der Waals surface area (Å²) in [4.78, 5) is 24.6. The van der Waals surface area contributed by atoms with Gasteiger partial charge in [-0.1, -0.05) is 321 Å². The molecule has 0 aromatic carbocycles. The van der Waals surface area contributed by atoms with Gasteiger partial charge in [-0.25, -0.2) is 0 Å². The minimum absolute atomic E-state index is 0.0110. The third-order valence-electron chi connectivity index (χ3n) is 15.8. The van der Waals surface area contributed by atoms with E-state index in [0.29, 0.717) is 25.9 Å². The Balaban J connectivity index is 3.47. The first-order chi connectivity index (χ1) is 36.5. The number of nitrogens with one attached hydrogen (secondary N) is 1. The molecule has 0 spiro atoms. The highest BCUT2D eigenvalue weighted by Gasteiger charge is 2.20. The van der Waals surface area contributed by atoms with Crippen LogP contribution in [0.5, 0.6) is 0 Å². The molecule has 3 N–H and O–H groups in total. The molecular weight excluding hydrogens is 911 g/mol. The number of unbranched alkanes of at least 4 members (excludes halogenated alkanes) is 48. The van der Waals surface area contributed by atoms with Crippen LogP contribution in [0.25, 0.3) is 0 Å². The molecule has 6 heteroatoms. The summed E-state index contributed by atoms with van der Waals surface area (Å²) in [5.74, 6) is -0.0577. The van der Waals surface area contributed by atoms with E-state index in [1.165, 1.54) is 257 Å². The van der Waals surface area contributed by atoms with Crippen molar-refractivity contribution in [3.63, 3.8) is 0 Å². The van der Waals surface area contributed by atoms with E-state index in [9.17, 15) is 19.8 Å². The van der Waals surface area contributed by atoms with Gasteiger partial charge in [-0.2, -0.15) is 0 Å². The summed E-state index contributed by atoms with van der Waals surface area (Å²) in [5.41, 5.74) is 0. The zero-order chi connectivity index (χ0) is 53.6. The molecule has 2 atom stereocenters. The molecule has 6 nitrogen and oxygen atoms in total. The van der Waals surface area contributed by atoms with Crippen molar-refractivity contribution >= 4 is 11.9 Å². The van der Waals surface area contributed by atoms with Gasteiger partial charge < -0.3 is 20.3 Å². The minimum atomic E-state index is -0.676. The normalized spacial score (nSPS) is 12.6. The van der Waals surface area contributed by atoms with Gasteiger partial charge in [0.1, 0.15) is 0 Å². The van der Waals surface area contributed by atoms with Crippen LogP contribution >= 0.6 is 0 Å². The molecule has 0 aromatic heterocycles. The molecule has 0 aromatic rings. The number of amides is 1. The van der Waals surface area contributed by atoms with Crippen molar-refractivity contribution in [2.24, 2.45) is 0 Å². The Morgan fingerprint density at radius 2 is 0.676 bits per heavy atom. The first-order valence-electron chi connectivity index (χ1n) is 33.6. The van der Waals surface area contributed by atoms with E-state index < -0.39 is 12.1 Å². The molecule has 0 aliphatic heterocycles. The number of ether oxygens (including phenoxy) is 1. The third kappa shape index (κ3) is 59.6. The molecule has 0 fully saturated rings. The highest BCUT2D eigenvalue weighted by atomic mass is 16.5. The number of hydrogen-bond acceptors (Lipinski definition) is 5. The molecule has 74 heavy (non-hydrogen) atoms. The number of carbonyl (C=O) groups is 2. The maximum Gasteiger partial charge on any atom is 0.305 e. The van der Waals surface area contributed by atoms with Gasteiger partial charge in [0.25, 0.3) is 0 Å².